The maximum absolute atomic E-state index is 11.5. The Morgan fingerprint density at radius 2 is 2.10 bits per heavy atom. The fraction of sp³-hybridized carbons (Fsp3) is 0.471. The third-order valence-electron chi connectivity index (χ3n) is 3.40. The Bertz CT molecular complexity index is 536. The second-order valence-electron chi connectivity index (χ2n) is 5.32. The monoisotopic (exact) mass is 273 g/mol. The minimum absolute atomic E-state index is 0.140. The van der Waals surface area contributed by atoms with E-state index in [1.807, 2.05) is 25.1 Å². The zero-order chi connectivity index (χ0) is 15.2. The van der Waals surface area contributed by atoms with Gasteiger partial charge in [-0.25, -0.2) is 0 Å². The van der Waals surface area contributed by atoms with Gasteiger partial charge in [0.15, 0.2) is 0 Å². The number of nitrogens with one attached hydrogen (secondary N) is 1. The summed E-state index contributed by atoms with van der Waals surface area (Å²) in [5, 5.41) is 2.79. The van der Waals surface area contributed by atoms with Crippen LogP contribution in [-0.4, -0.2) is 11.5 Å². The van der Waals surface area contributed by atoms with Crippen LogP contribution < -0.4 is 5.32 Å². The predicted octanol–water partition coefficient (Wildman–Crippen LogP) is 3.66. The van der Waals surface area contributed by atoms with Gasteiger partial charge in [0, 0.05) is 5.69 Å². The molecule has 3 heteroatoms. The molecule has 0 aliphatic heterocycles. The Morgan fingerprint density at radius 1 is 1.40 bits per heavy atom. The molecule has 1 N–H and O–H groups in total. The molecule has 1 rings (SSSR count). The summed E-state index contributed by atoms with van der Waals surface area (Å²) < 4.78 is 5.91. The highest BCUT2D eigenvalue weighted by Gasteiger charge is 2.16. The van der Waals surface area contributed by atoms with Crippen molar-refractivity contribution < 1.29 is 9.53 Å². The minimum atomic E-state index is -0.289. The van der Waals surface area contributed by atoms with E-state index in [1.165, 1.54) is 0 Å². The molecule has 0 atom stereocenters. The molecular formula is C17H23NO2. The molecule has 0 bridgehead atoms. The van der Waals surface area contributed by atoms with Crippen molar-refractivity contribution >= 4 is 11.6 Å². The Hall–Kier alpha value is -1.79. The minimum Gasteiger partial charge on any atom is -0.371 e. The average Bonchev–Trinajstić information content (AvgIpc) is 2.40. The van der Waals surface area contributed by atoms with Crippen LogP contribution in [0.5, 0.6) is 0 Å². The molecule has 1 aromatic carbocycles. The lowest BCUT2D eigenvalue weighted by Gasteiger charge is -2.24. The van der Waals surface area contributed by atoms with E-state index in [2.05, 4.69) is 37.9 Å². The van der Waals surface area contributed by atoms with Crippen molar-refractivity contribution in [3.8, 4) is 11.8 Å². The Morgan fingerprint density at radius 3 is 2.70 bits per heavy atom. The topological polar surface area (TPSA) is 38.3 Å². The molecule has 3 nitrogen and oxygen atoms in total. The van der Waals surface area contributed by atoms with Crippen LogP contribution >= 0.6 is 0 Å². The molecule has 0 aromatic heterocycles. The van der Waals surface area contributed by atoms with E-state index in [0.717, 1.165) is 23.2 Å². The normalized spacial score (nSPS) is 10.7. The number of ether oxygens (including phenoxy) is 1. The summed E-state index contributed by atoms with van der Waals surface area (Å²) in [7, 11) is 0. The van der Waals surface area contributed by atoms with Crippen molar-refractivity contribution in [2.75, 3.05) is 5.32 Å². The standard InChI is InChI=1S/C17H23NO2/c1-6-9-16(19)18-15-11-8-10-14(13(15)3)12-20-17(4,5)7-2/h8,10-11H,7,12H2,1-5H3,(H,18,19). The number of rotatable bonds is 5. The number of amides is 1. The molecule has 0 radical (unpaired) electrons. The lowest BCUT2D eigenvalue weighted by atomic mass is 10.0. The highest BCUT2D eigenvalue weighted by Crippen LogP contribution is 2.22. The summed E-state index contributed by atoms with van der Waals surface area (Å²) in [6.07, 6.45) is 0.953. The van der Waals surface area contributed by atoms with Gasteiger partial charge in [-0.2, -0.15) is 0 Å². The number of carbonyl (C=O) groups is 1. The van der Waals surface area contributed by atoms with Crippen LogP contribution in [0.3, 0.4) is 0 Å². The first-order valence-electron chi connectivity index (χ1n) is 6.86. The smallest absolute Gasteiger partial charge is 0.300 e. The van der Waals surface area contributed by atoms with Crippen LogP contribution in [0.4, 0.5) is 5.69 Å². The predicted molar refractivity (Wildman–Crippen MR) is 82.4 cm³/mol. The largest absolute Gasteiger partial charge is 0.371 e. The van der Waals surface area contributed by atoms with Gasteiger partial charge in [0.2, 0.25) is 0 Å². The zero-order valence-electron chi connectivity index (χ0n) is 13.0. The summed E-state index contributed by atoms with van der Waals surface area (Å²) in [5.74, 6) is 4.77. The van der Waals surface area contributed by atoms with Gasteiger partial charge in [0.05, 0.1) is 12.2 Å². The number of benzene rings is 1. The van der Waals surface area contributed by atoms with Crippen LogP contribution in [0.2, 0.25) is 0 Å². The highest BCUT2D eigenvalue weighted by molar-refractivity contribution is 6.04. The summed E-state index contributed by atoms with van der Waals surface area (Å²) in [4.78, 5) is 11.5. The first kappa shape index (κ1) is 16.3. The van der Waals surface area contributed by atoms with Gasteiger partial charge in [0.25, 0.3) is 5.91 Å². The molecule has 0 aliphatic rings. The first-order valence-corrected chi connectivity index (χ1v) is 6.86. The third kappa shape index (κ3) is 4.71. The van der Waals surface area contributed by atoms with Gasteiger partial charge in [-0.3, -0.25) is 4.79 Å². The van der Waals surface area contributed by atoms with E-state index >= 15 is 0 Å². The lowest BCUT2D eigenvalue weighted by Crippen LogP contribution is -2.23. The molecule has 0 spiro atoms. The fourth-order valence-electron chi connectivity index (χ4n) is 1.62. The molecule has 1 amide bonds. The maximum atomic E-state index is 11.5. The molecule has 1 aromatic rings. The highest BCUT2D eigenvalue weighted by atomic mass is 16.5. The molecule has 0 fully saturated rings. The fourth-order valence-corrected chi connectivity index (χ4v) is 1.62. The van der Waals surface area contributed by atoms with Crippen molar-refractivity contribution in [2.24, 2.45) is 0 Å². The average molecular weight is 273 g/mol. The van der Waals surface area contributed by atoms with Gasteiger partial charge in [-0.15, -0.1) is 0 Å². The van der Waals surface area contributed by atoms with Gasteiger partial charge in [0.1, 0.15) is 0 Å². The van der Waals surface area contributed by atoms with Crippen LogP contribution in [0.25, 0.3) is 0 Å². The Balaban J connectivity index is 2.84. The second kappa shape index (κ2) is 7.12. The lowest BCUT2D eigenvalue weighted by molar-refractivity contribution is -0.111. The van der Waals surface area contributed by atoms with Crippen LogP contribution in [0.1, 0.15) is 45.2 Å². The second-order valence-corrected chi connectivity index (χ2v) is 5.32. The van der Waals surface area contributed by atoms with E-state index < -0.39 is 0 Å². The van der Waals surface area contributed by atoms with Gasteiger partial charge in [-0.05, 0) is 57.2 Å². The van der Waals surface area contributed by atoms with Crippen molar-refractivity contribution in [1.82, 2.24) is 0 Å². The molecule has 0 saturated carbocycles. The van der Waals surface area contributed by atoms with E-state index in [9.17, 15) is 4.79 Å². The molecule has 0 heterocycles. The van der Waals surface area contributed by atoms with E-state index in [0.29, 0.717) is 6.61 Å². The van der Waals surface area contributed by atoms with Crippen molar-refractivity contribution in [3.63, 3.8) is 0 Å². The van der Waals surface area contributed by atoms with Gasteiger partial charge < -0.3 is 10.1 Å². The Kier molecular flexibility index (Phi) is 5.79. The molecular weight excluding hydrogens is 250 g/mol. The zero-order valence-corrected chi connectivity index (χ0v) is 13.0. The maximum Gasteiger partial charge on any atom is 0.300 e. The number of anilines is 1. The molecule has 108 valence electrons. The molecule has 0 aliphatic carbocycles. The number of hydrogen-bond acceptors (Lipinski definition) is 2. The van der Waals surface area contributed by atoms with Crippen molar-refractivity contribution in [3.05, 3.63) is 29.3 Å². The van der Waals surface area contributed by atoms with E-state index in [4.69, 9.17) is 4.74 Å². The van der Waals surface area contributed by atoms with Crippen LogP contribution in [0.15, 0.2) is 18.2 Å². The van der Waals surface area contributed by atoms with Gasteiger partial charge >= 0.3 is 0 Å². The summed E-state index contributed by atoms with van der Waals surface area (Å²) in [5.41, 5.74) is 2.74. The summed E-state index contributed by atoms with van der Waals surface area (Å²) >= 11 is 0. The van der Waals surface area contributed by atoms with Crippen molar-refractivity contribution in [1.29, 1.82) is 0 Å². The van der Waals surface area contributed by atoms with E-state index in [1.54, 1.807) is 6.92 Å². The van der Waals surface area contributed by atoms with Crippen LogP contribution in [0, 0.1) is 18.8 Å². The Labute approximate surface area is 121 Å². The number of carbonyl (C=O) groups excluding carboxylic acids is 1. The first-order chi connectivity index (χ1) is 9.39. The van der Waals surface area contributed by atoms with E-state index in [-0.39, 0.29) is 11.5 Å². The summed E-state index contributed by atoms with van der Waals surface area (Å²) in [6.45, 7) is 10.4. The number of hydrogen-bond donors (Lipinski definition) is 1. The molecule has 20 heavy (non-hydrogen) atoms. The molecule has 0 saturated heterocycles. The van der Waals surface area contributed by atoms with Crippen LogP contribution in [-0.2, 0) is 16.1 Å². The SMILES string of the molecule is CC#CC(=O)Nc1cccc(COC(C)(C)CC)c1C. The van der Waals surface area contributed by atoms with Gasteiger partial charge in [-0.1, -0.05) is 25.0 Å². The van der Waals surface area contributed by atoms with Crippen molar-refractivity contribution in [2.45, 2.75) is 53.2 Å². The summed E-state index contributed by atoms with van der Waals surface area (Å²) in [6, 6.07) is 5.81. The quantitative estimate of drug-likeness (QED) is 0.831. The molecule has 0 unspecified atom stereocenters. The third-order valence-corrected chi connectivity index (χ3v) is 3.40.